The zero-order valence-electron chi connectivity index (χ0n) is 12.1. The molecule has 0 saturated heterocycles. The predicted molar refractivity (Wildman–Crippen MR) is 86.7 cm³/mol. The van der Waals surface area contributed by atoms with Crippen LogP contribution in [0.4, 0.5) is 11.4 Å². The monoisotopic (exact) mass is 302 g/mol. The van der Waals surface area contributed by atoms with Crippen LogP contribution in [-0.4, -0.2) is 15.9 Å². The molecule has 1 atom stereocenters. The fourth-order valence-electron chi connectivity index (χ4n) is 1.81. The predicted octanol–water partition coefficient (Wildman–Crippen LogP) is 2.63. The van der Waals surface area contributed by atoms with E-state index in [2.05, 4.69) is 5.32 Å². The molecule has 2 aromatic carbocycles. The lowest BCUT2D eigenvalue weighted by molar-refractivity contribution is -0.113. The van der Waals surface area contributed by atoms with Crippen molar-refractivity contribution in [3.8, 4) is 0 Å². The lowest BCUT2D eigenvalue weighted by Crippen LogP contribution is -2.19. The third-order valence-electron chi connectivity index (χ3n) is 3.11. The van der Waals surface area contributed by atoms with Crippen LogP contribution in [0.1, 0.15) is 11.1 Å². The van der Waals surface area contributed by atoms with Crippen molar-refractivity contribution >= 4 is 28.1 Å². The highest BCUT2D eigenvalue weighted by molar-refractivity contribution is 7.85. The fraction of sp³-hybridized carbons (Fsp3) is 0.188. The van der Waals surface area contributed by atoms with Crippen molar-refractivity contribution in [3.05, 3.63) is 53.6 Å². The van der Waals surface area contributed by atoms with E-state index >= 15 is 0 Å². The molecule has 0 aromatic heterocycles. The number of rotatable bonds is 4. The second-order valence-electron chi connectivity index (χ2n) is 4.92. The lowest BCUT2D eigenvalue weighted by atomic mass is 10.2. The van der Waals surface area contributed by atoms with Crippen molar-refractivity contribution in [2.75, 3.05) is 16.8 Å². The van der Waals surface area contributed by atoms with E-state index in [1.807, 2.05) is 32.0 Å². The summed E-state index contributed by atoms with van der Waals surface area (Å²) in [6.45, 7) is 3.86. The molecule has 0 aliphatic heterocycles. The Balaban J connectivity index is 1.99. The van der Waals surface area contributed by atoms with Gasteiger partial charge in [0.2, 0.25) is 5.91 Å². The minimum Gasteiger partial charge on any atom is -0.398 e. The lowest BCUT2D eigenvalue weighted by Gasteiger charge is -2.08. The van der Waals surface area contributed by atoms with E-state index < -0.39 is 10.8 Å². The van der Waals surface area contributed by atoms with Crippen molar-refractivity contribution in [2.24, 2.45) is 0 Å². The summed E-state index contributed by atoms with van der Waals surface area (Å²) in [4.78, 5) is 12.6. The topological polar surface area (TPSA) is 72.2 Å². The molecule has 0 fully saturated rings. The molecule has 0 radical (unpaired) electrons. The van der Waals surface area contributed by atoms with Gasteiger partial charge in [0.25, 0.3) is 0 Å². The van der Waals surface area contributed by atoms with Gasteiger partial charge in [-0.1, -0.05) is 23.8 Å². The average molecular weight is 302 g/mol. The summed E-state index contributed by atoms with van der Waals surface area (Å²) < 4.78 is 12.1. The number of hydrogen-bond acceptors (Lipinski definition) is 3. The smallest absolute Gasteiger partial charge is 0.237 e. The Labute approximate surface area is 126 Å². The van der Waals surface area contributed by atoms with Crippen LogP contribution in [-0.2, 0) is 15.6 Å². The molecule has 3 N–H and O–H groups in total. The first-order chi connectivity index (χ1) is 9.95. The number of aryl methyl sites for hydroxylation is 2. The SMILES string of the molecule is Cc1ccc(S(=O)CC(=O)Nc2ccc(C)c(N)c2)cc1. The summed E-state index contributed by atoms with van der Waals surface area (Å²) in [5.41, 5.74) is 9.07. The van der Waals surface area contributed by atoms with Crippen LogP contribution in [0.25, 0.3) is 0 Å². The van der Waals surface area contributed by atoms with E-state index in [4.69, 9.17) is 5.73 Å². The highest BCUT2D eigenvalue weighted by atomic mass is 32.2. The fourth-order valence-corrected chi connectivity index (χ4v) is 2.72. The molecular formula is C16H18N2O2S. The van der Waals surface area contributed by atoms with Crippen molar-refractivity contribution in [1.82, 2.24) is 0 Å². The van der Waals surface area contributed by atoms with Gasteiger partial charge in [0.05, 0.1) is 10.8 Å². The van der Waals surface area contributed by atoms with Gasteiger partial charge in [-0.25, -0.2) is 0 Å². The second kappa shape index (κ2) is 6.54. The van der Waals surface area contributed by atoms with Gasteiger partial charge in [0.15, 0.2) is 0 Å². The van der Waals surface area contributed by atoms with Gasteiger partial charge in [-0.05, 0) is 43.7 Å². The van der Waals surface area contributed by atoms with Crippen LogP contribution in [0.3, 0.4) is 0 Å². The maximum absolute atomic E-state index is 12.1. The quantitative estimate of drug-likeness (QED) is 0.853. The molecule has 21 heavy (non-hydrogen) atoms. The average Bonchev–Trinajstić information content (AvgIpc) is 2.43. The first-order valence-corrected chi connectivity index (χ1v) is 7.88. The zero-order chi connectivity index (χ0) is 15.4. The summed E-state index contributed by atoms with van der Waals surface area (Å²) in [5.74, 6) is -0.367. The van der Waals surface area contributed by atoms with E-state index in [0.29, 0.717) is 16.3 Å². The Bertz CT molecular complexity index is 681. The Kier molecular flexibility index (Phi) is 4.75. The molecule has 0 bridgehead atoms. The summed E-state index contributed by atoms with van der Waals surface area (Å²) in [6.07, 6.45) is 0. The summed E-state index contributed by atoms with van der Waals surface area (Å²) >= 11 is 0. The van der Waals surface area contributed by atoms with Gasteiger partial charge < -0.3 is 11.1 Å². The highest BCUT2D eigenvalue weighted by Gasteiger charge is 2.10. The minimum atomic E-state index is -1.35. The van der Waals surface area contributed by atoms with Crippen LogP contribution in [0.15, 0.2) is 47.4 Å². The number of nitrogens with one attached hydrogen (secondary N) is 1. The van der Waals surface area contributed by atoms with Crippen LogP contribution in [0.5, 0.6) is 0 Å². The maximum atomic E-state index is 12.1. The molecule has 2 aromatic rings. The highest BCUT2D eigenvalue weighted by Crippen LogP contribution is 2.17. The van der Waals surface area contributed by atoms with Gasteiger partial charge in [0.1, 0.15) is 5.75 Å². The molecule has 0 aliphatic carbocycles. The van der Waals surface area contributed by atoms with E-state index in [-0.39, 0.29) is 11.7 Å². The Morgan fingerprint density at radius 1 is 1.14 bits per heavy atom. The van der Waals surface area contributed by atoms with E-state index in [0.717, 1.165) is 11.1 Å². The van der Waals surface area contributed by atoms with Crippen molar-refractivity contribution in [3.63, 3.8) is 0 Å². The molecule has 0 spiro atoms. The number of nitrogen functional groups attached to an aromatic ring is 1. The summed E-state index contributed by atoms with van der Waals surface area (Å²) in [5, 5.41) is 2.71. The molecule has 2 rings (SSSR count). The van der Waals surface area contributed by atoms with Gasteiger partial charge >= 0.3 is 0 Å². The Morgan fingerprint density at radius 3 is 2.43 bits per heavy atom. The number of carbonyl (C=O) groups is 1. The van der Waals surface area contributed by atoms with E-state index in [1.165, 1.54) is 0 Å². The van der Waals surface area contributed by atoms with Crippen molar-refractivity contribution in [2.45, 2.75) is 18.7 Å². The Morgan fingerprint density at radius 2 is 1.81 bits per heavy atom. The molecular weight excluding hydrogens is 284 g/mol. The molecule has 0 aliphatic rings. The molecule has 4 nitrogen and oxygen atoms in total. The largest absolute Gasteiger partial charge is 0.398 e. The zero-order valence-corrected chi connectivity index (χ0v) is 12.9. The van der Waals surface area contributed by atoms with Gasteiger partial charge in [-0.2, -0.15) is 0 Å². The van der Waals surface area contributed by atoms with Crippen LogP contribution >= 0.6 is 0 Å². The number of carbonyl (C=O) groups excluding carboxylic acids is 1. The van der Waals surface area contributed by atoms with Crippen LogP contribution in [0.2, 0.25) is 0 Å². The summed E-state index contributed by atoms with van der Waals surface area (Å²) in [6, 6.07) is 12.6. The molecule has 1 unspecified atom stereocenters. The number of hydrogen-bond donors (Lipinski definition) is 2. The standard InChI is InChI=1S/C16H18N2O2S/c1-11-3-7-14(8-4-11)21(20)10-16(19)18-13-6-5-12(2)15(17)9-13/h3-9H,10,17H2,1-2H3,(H,18,19). The summed E-state index contributed by atoms with van der Waals surface area (Å²) in [7, 11) is -1.35. The maximum Gasteiger partial charge on any atom is 0.237 e. The number of amides is 1. The van der Waals surface area contributed by atoms with Gasteiger partial charge in [-0.3, -0.25) is 9.00 Å². The number of benzene rings is 2. The number of nitrogens with two attached hydrogens (primary N) is 1. The first kappa shape index (κ1) is 15.3. The van der Waals surface area contributed by atoms with Crippen molar-refractivity contribution in [1.29, 1.82) is 0 Å². The molecule has 0 saturated carbocycles. The van der Waals surface area contributed by atoms with E-state index in [9.17, 15) is 9.00 Å². The third kappa shape index (κ3) is 4.16. The molecule has 110 valence electrons. The normalized spacial score (nSPS) is 11.9. The Hall–Kier alpha value is -2.14. The second-order valence-corrected chi connectivity index (χ2v) is 6.37. The minimum absolute atomic E-state index is 0.0726. The third-order valence-corrected chi connectivity index (χ3v) is 4.43. The van der Waals surface area contributed by atoms with Gasteiger partial charge in [0, 0.05) is 16.3 Å². The van der Waals surface area contributed by atoms with Crippen LogP contribution < -0.4 is 11.1 Å². The molecule has 1 amide bonds. The van der Waals surface area contributed by atoms with Crippen LogP contribution in [0, 0.1) is 13.8 Å². The van der Waals surface area contributed by atoms with E-state index in [1.54, 1.807) is 24.3 Å². The first-order valence-electron chi connectivity index (χ1n) is 6.57. The van der Waals surface area contributed by atoms with Gasteiger partial charge in [-0.15, -0.1) is 0 Å². The molecule has 5 heteroatoms. The number of anilines is 2. The van der Waals surface area contributed by atoms with Crippen molar-refractivity contribution < 1.29 is 9.00 Å². The molecule has 0 heterocycles.